The molecule has 0 amide bonds. The molecule has 0 aliphatic heterocycles. The van der Waals surface area contributed by atoms with E-state index in [1.165, 1.54) is 13.0 Å². The summed E-state index contributed by atoms with van der Waals surface area (Å²) in [5, 5.41) is 18.4. The van der Waals surface area contributed by atoms with Crippen LogP contribution in [-0.2, 0) is 10.0 Å². The summed E-state index contributed by atoms with van der Waals surface area (Å²) in [4.78, 5) is -0.413. The first kappa shape index (κ1) is 13.8. The van der Waals surface area contributed by atoms with Gasteiger partial charge < -0.3 is 21.7 Å². The molecule has 0 radical (unpaired) electrons. The first-order chi connectivity index (χ1) is 8.22. The Hall–Kier alpha value is -2.22. The highest BCUT2D eigenvalue weighted by Gasteiger charge is 2.18. The quantitative estimate of drug-likeness (QED) is 0.273. The van der Waals surface area contributed by atoms with Crippen molar-refractivity contribution in [3.05, 3.63) is 30.0 Å². The molecule has 1 rings (SSSR count). The van der Waals surface area contributed by atoms with Gasteiger partial charge in [0.15, 0.2) is 0 Å². The lowest BCUT2D eigenvalue weighted by Gasteiger charge is -2.03. The van der Waals surface area contributed by atoms with Crippen molar-refractivity contribution in [2.24, 2.45) is 10.1 Å². The number of aliphatic hydroxyl groups is 1. The lowest BCUT2D eigenvalue weighted by Crippen LogP contribution is -2.12. The van der Waals surface area contributed by atoms with Crippen LogP contribution >= 0.6 is 0 Å². The monoisotopic (exact) mass is 271 g/mol. The zero-order chi connectivity index (χ0) is 13.9. The molecule has 1 aromatic rings. The highest BCUT2D eigenvalue weighted by molar-refractivity contribution is 7.90. The summed E-state index contributed by atoms with van der Waals surface area (Å²) in [5.74, 6) is -1.10. The van der Waals surface area contributed by atoms with Crippen LogP contribution in [0.25, 0.3) is 0 Å². The molecule has 0 spiro atoms. The van der Waals surface area contributed by atoms with Gasteiger partial charge in [-0.3, -0.25) is 0 Å². The van der Waals surface area contributed by atoms with Gasteiger partial charge in [-0.15, -0.1) is 4.40 Å². The maximum absolute atomic E-state index is 11.8. The third-order valence-electron chi connectivity index (χ3n) is 1.84. The van der Waals surface area contributed by atoms with Crippen molar-refractivity contribution >= 4 is 21.5 Å². The minimum Gasteiger partial charge on any atom is -0.512 e. The number of amidine groups is 1. The summed E-state index contributed by atoms with van der Waals surface area (Å²) in [6.45, 7) is 1.32. The molecule has 0 saturated carbocycles. The van der Waals surface area contributed by atoms with Crippen molar-refractivity contribution in [1.29, 1.82) is 0 Å². The van der Waals surface area contributed by atoms with Crippen molar-refractivity contribution in [3.8, 4) is 5.75 Å². The molecule has 0 heterocycles. The number of nitrogens with zero attached hydrogens (tertiary/aromatic N) is 1. The van der Waals surface area contributed by atoms with E-state index in [1.54, 1.807) is 0 Å². The Kier molecular flexibility index (Phi) is 3.82. The fourth-order valence-electron chi connectivity index (χ4n) is 1.18. The minimum absolute atomic E-state index is 0.187. The van der Waals surface area contributed by atoms with Crippen LogP contribution in [0.15, 0.2) is 39.3 Å². The zero-order valence-corrected chi connectivity index (χ0v) is 10.3. The van der Waals surface area contributed by atoms with E-state index < -0.39 is 26.5 Å². The van der Waals surface area contributed by atoms with E-state index in [0.717, 1.165) is 18.2 Å². The molecule has 0 atom stereocenters. The van der Waals surface area contributed by atoms with Crippen LogP contribution in [0.4, 0.5) is 5.69 Å². The number of nitrogen functional groups attached to an aromatic ring is 1. The Labute approximate surface area is 104 Å². The molecule has 0 unspecified atom stereocenters. The molecule has 0 aliphatic rings. The van der Waals surface area contributed by atoms with Crippen molar-refractivity contribution in [2.75, 3.05) is 5.73 Å². The largest absolute Gasteiger partial charge is 0.512 e. The van der Waals surface area contributed by atoms with Gasteiger partial charge in [-0.25, -0.2) is 0 Å². The third-order valence-corrected chi connectivity index (χ3v) is 3.20. The number of hydrogen-bond donors (Lipinski definition) is 4. The molecule has 0 fully saturated rings. The van der Waals surface area contributed by atoms with Crippen molar-refractivity contribution < 1.29 is 18.6 Å². The Balaban J connectivity index is 3.27. The Morgan fingerprint density at radius 2 is 2.06 bits per heavy atom. The van der Waals surface area contributed by atoms with Crippen LogP contribution < -0.4 is 11.5 Å². The Bertz CT molecular complexity index is 616. The molecule has 8 heteroatoms. The molecule has 7 nitrogen and oxygen atoms in total. The van der Waals surface area contributed by atoms with Gasteiger partial charge in [-0.05, 0) is 19.1 Å². The predicted molar refractivity (Wildman–Crippen MR) is 67.7 cm³/mol. The van der Waals surface area contributed by atoms with Gasteiger partial charge in [-0.2, -0.15) is 8.42 Å². The lowest BCUT2D eigenvalue weighted by atomic mass is 10.3. The van der Waals surface area contributed by atoms with Gasteiger partial charge in [0.2, 0.25) is 0 Å². The number of aliphatic hydroxyl groups excluding tert-OH is 1. The molecule has 0 aromatic heterocycles. The lowest BCUT2D eigenvalue weighted by molar-refractivity contribution is 0.415. The van der Waals surface area contributed by atoms with Crippen LogP contribution in [0.3, 0.4) is 0 Å². The van der Waals surface area contributed by atoms with Crippen molar-refractivity contribution in [2.45, 2.75) is 11.8 Å². The summed E-state index contributed by atoms with van der Waals surface area (Å²) in [7, 11) is -4.15. The SMILES string of the molecule is CC(O)=CC(N)=NS(=O)(=O)c1ccc(N)cc1O. The molecule has 6 N–H and O–H groups in total. The van der Waals surface area contributed by atoms with E-state index in [-0.39, 0.29) is 11.4 Å². The number of sulfonamides is 1. The van der Waals surface area contributed by atoms with Gasteiger partial charge in [-0.1, -0.05) is 0 Å². The smallest absolute Gasteiger partial charge is 0.287 e. The van der Waals surface area contributed by atoms with Gasteiger partial charge in [0.25, 0.3) is 10.0 Å². The van der Waals surface area contributed by atoms with E-state index >= 15 is 0 Å². The van der Waals surface area contributed by atoms with Gasteiger partial charge in [0, 0.05) is 17.8 Å². The molecular formula is C10H13N3O4S. The number of benzene rings is 1. The second kappa shape index (κ2) is 4.96. The predicted octanol–water partition coefficient (Wildman–Crippen LogP) is 0.482. The minimum atomic E-state index is -4.15. The number of hydrogen-bond acceptors (Lipinski definition) is 5. The number of phenols is 1. The van der Waals surface area contributed by atoms with E-state index in [9.17, 15) is 13.5 Å². The number of phenolic OH excluding ortho intramolecular Hbond substituents is 1. The molecule has 1 aromatic carbocycles. The van der Waals surface area contributed by atoms with Crippen LogP contribution in [-0.4, -0.2) is 24.5 Å². The number of allylic oxidation sites excluding steroid dienone is 1. The highest BCUT2D eigenvalue weighted by atomic mass is 32.2. The second-order valence-corrected chi connectivity index (χ2v) is 5.08. The van der Waals surface area contributed by atoms with E-state index in [1.807, 2.05) is 0 Å². The first-order valence-corrected chi connectivity index (χ1v) is 6.22. The van der Waals surface area contributed by atoms with Crippen LogP contribution in [0, 0.1) is 0 Å². The van der Waals surface area contributed by atoms with Crippen LogP contribution in [0.2, 0.25) is 0 Å². The summed E-state index contributed by atoms with van der Waals surface area (Å²) in [6.07, 6.45) is 0.978. The maximum Gasteiger partial charge on any atom is 0.287 e. The molecule has 0 bridgehead atoms. The molecule has 0 saturated heterocycles. The fraction of sp³-hybridized carbons (Fsp3) is 0.100. The molecule has 98 valence electrons. The molecule has 0 aliphatic carbocycles. The maximum atomic E-state index is 11.8. The number of aromatic hydroxyl groups is 1. The average Bonchev–Trinajstić information content (AvgIpc) is 2.13. The standard InChI is InChI=1S/C10H13N3O4S/c1-6(14)4-10(12)13-18(16,17)9-3-2-7(11)5-8(9)15/h2-5,14-15H,11H2,1H3,(H2,12,13). The van der Waals surface area contributed by atoms with Crippen LogP contribution in [0.5, 0.6) is 5.75 Å². The second-order valence-electron chi connectivity index (χ2n) is 3.50. The van der Waals surface area contributed by atoms with E-state index in [2.05, 4.69) is 4.40 Å². The van der Waals surface area contributed by atoms with E-state index in [4.69, 9.17) is 16.6 Å². The zero-order valence-electron chi connectivity index (χ0n) is 9.53. The number of nitrogens with two attached hydrogens (primary N) is 2. The topological polar surface area (TPSA) is 139 Å². The Morgan fingerprint density at radius 3 is 2.56 bits per heavy atom. The fourth-order valence-corrected chi connectivity index (χ4v) is 2.17. The normalized spacial score (nSPS) is 13.6. The summed E-state index contributed by atoms with van der Waals surface area (Å²) >= 11 is 0. The van der Waals surface area contributed by atoms with Gasteiger partial charge in [0.05, 0.1) is 5.76 Å². The van der Waals surface area contributed by atoms with E-state index in [0.29, 0.717) is 0 Å². The Morgan fingerprint density at radius 1 is 1.44 bits per heavy atom. The molecular weight excluding hydrogens is 258 g/mol. The third kappa shape index (κ3) is 3.39. The summed E-state index contributed by atoms with van der Waals surface area (Å²) < 4.78 is 26.8. The van der Waals surface area contributed by atoms with Crippen LogP contribution in [0.1, 0.15) is 6.92 Å². The molecule has 18 heavy (non-hydrogen) atoms. The summed E-state index contributed by atoms with van der Waals surface area (Å²) in [5.41, 5.74) is 10.9. The number of rotatable bonds is 3. The first-order valence-electron chi connectivity index (χ1n) is 4.78. The van der Waals surface area contributed by atoms with Crippen molar-refractivity contribution in [1.82, 2.24) is 0 Å². The van der Waals surface area contributed by atoms with Crippen molar-refractivity contribution in [3.63, 3.8) is 0 Å². The van der Waals surface area contributed by atoms with Gasteiger partial charge in [0.1, 0.15) is 16.5 Å². The average molecular weight is 271 g/mol. The van der Waals surface area contributed by atoms with Gasteiger partial charge >= 0.3 is 0 Å². The summed E-state index contributed by atoms with van der Waals surface area (Å²) in [6, 6.07) is 3.52. The number of anilines is 1. The highest BCUT2D eigenvalue weighted by Crippen LogP contribution is 2.26.